The molecule has 0 spiro atoms. The second-order valence-corrected chi connectivity index (χ2v) is 5.50. The molecule has 4 rings (SSSR count). The van der Waals surface area contributed by atoms with Crippen molar-refractivity contribution in [2.75, 3.05) is 5.32 Å². The minimum Gasteiger partial charge on any atom is -0.326 e. The zero-order valence-electron chi connectivity index (χ0n) is 16.5. The van der Waals surface area contributed by atoms with Crippen LogP contribution in [0.2, 0.25) is 0 Å². The number of anilines is 1. The van der Waals surface area contributed by atoms with Crippen molar-refractivity contribution in [1.29, 1.82) is 0 Å². The summed E-state index contributed by atoms with van der Waals surface area (Å²) in [5, 5.41) is 11.1. The van der Waals surface area contributed by atoms with E-state index >= 15 is 0 Å². The van der Waals surface area contributed by atoms with Crippen molar-refractivity contribution in [2.24, 2.45) is 5.92 Å². The van der Waals surface area contributed by atoms with Crippen molar-refractivity contribution in [3.05, 3.63) is 60.3 Å². The fourth-order valence-corrected chi connectivity index (χ4v) is 2.20. The van der Waals surface area contributed by atoms with Gasteiger partial charge in [-0.1, -0.05) is 64.1 Å². The van der Waals surface area contributed by atoms with E-state index in [9.17, 15) is 4.79 Å². The van der Waals surface area contributed by atoms with Gasteiger partial charge in [-0.15, -0.1) is 0 Å². The van der Waals surface area contributed by atoms with Crippen LogP contribution in [0.3, 0.4) is 0 Å². The molecular weight excluding hydrogens is 322 g/mol. The molecule has 2 N–H and O–H groups in total. The third-order valence-electron chi connectivity index (χ3n) is 3.64. The van der Waals surface area contributed by atoms with E-state index in [0.29, 0.717) is 0 Å². The summed E-state index contributed by atoms with van der Waals surface area (Å²) in [4.78, 5) is 11.3. The Kier molecular flexibility index (Phi) is 9.77. The molecule has 0 saturated heterocycles. The average molecular weight is 354 g/mol. The Morgan fingerprint density at radius 1 is 0.962 bits per heavy atom. The smallest absolute Gasteiger partial charge is 0.227 e. The second kappa shape index (κ2) is 11.9. The summed E-state index contributed by atoms with van der Waals surface area (Å²) in [6.45, 7) is 10.0. The first-order valence-corrected chi connectivity index (χ1v) is 9.49. The van der Waals surface area contributed by atoms with Crippen molar-refractivity contribution in [1.82, 2.24) is 10.2 Å². The Balaban J connectivity index is 0.000000221. The molecule has 2 aromatic carbocycles. The van der Waals surface area contributed by atoms with Crippen LogP contribution < -0.4 is 5.32 Å². The van der Waals surface area contributed by atoms with E-state index in [2.05, 4.69) is 21.6 Å². The van der Waals surface area contributed by atoms with Crippen LogP contribution in [0.4, 0.5) is 5.69 Å². The zero-order chi connectivity index (χ0) is 19.4. The molecule has 140 valence electrons. The van der Waals surface area contributed by atoms with Crippen LogP contribution >= 0.6 is 0 Å². The van der Waals surface area contributed by atoms with E-state index in [-0.39, 0.29) is 11.8 Å². The molecule has 1 amide bonds. The Morgan fingerprint density at radius 2 is 1.54 bits per heavy atom. The van der Waals surface area contributed by atoms with Crippen LogP contribution in [-0.4, -0.2) is 16.1 Å². The fraction of sp³-hybridized carbons (Fsp3) is 0.364. The van der Waals surface area contributed by atoms with Crippen LogP contribution in [0.1, 0.15) is 46.2 Å². The number of aromatic amines is 1. The number of aromatic nitrogens is 2. The van der Waals surface area contributed by atoms with Gasteiger partial charge >= 0.3 is 0 Å². The summed E-state index contributed by atoms with van der Waals surface area (Å²) in [7, 11) is 0. The van der Waals surface area contributed by atoms with Gasteiger partial charge in [0.05, 0.1) is 5.52 Å². The summed E-state index contributed by atoms with van der Waals surface area (Å²) in [5.41, 5.74) is 3.07. The number of aryl methyl sites for hydroxylation is 1. The van der Waals surface area contributed by atoms with E-state index in [1.807, 2.05) is 83.1 Å². The maximum atomic E-state index is 11.3. The van der Waals surface area contributed by atoms with Gasteiger partial charge in [0.25, 0.3) is 0 Å². The van der Waals surface area contributed by atoms with E-state index < -0.39 is 0 Å². The van der Waals surface area contributed by atoms with Gasteiger partial charge in [-0.2, -0.15) is 5.10 Å². The monoisotopic (exact) mass is 353 g/mol. The molecule has 0 bridgehead atoms. The zero-order valence-corrected chi connectivity index (χ0v) is 16.5. The summed E-state index contributed by atoms with van der Waals surface area (Å²) >= 11 is 0. The fourth-order valence-electron chi connectivity index (χ4n) is 2.20. The Hall–Kier alpha value is -2.62. The normalized spacial score (nSPS) is 11.7. The highest BCUT2D eigenvalue weighted by Crippen LogP contribution is 2.30. The lowest BCUT2D eigenvalue weighted by molar-refractivity contribution is -0.117. The van der Waals surface area contributed by atoms with Crippen LogP contribution in [0.15, 0.2) is 54.6 Å². The molecule has 1 aliphatic carbocycles. The highest BCUT2D eigenvalue weighted by atomic mass is 16.2. The van der Waals surface area contributed by atoms with Crippen LogP contribution in [-0.2, 0) is 4.79 Å². The number of amides is 1. The second-order valence-electron chi connectivity index (χ2n) is 5.50. The van der Waals surface area contributed by atoms with Gasteiger partial charge in [0.1, 0.15) is 0 Å². The largest absolute Gasteiger partial charge is 0.326 e. The van der Waals surface area contributed by atoms with Crippen LogP contribution in [0.25, 0.3) is 10.9 Å². The van der Waals surface area contributed by atoms with E-state index in [1.54, 1.807) is 0 Å². The molecular formula is C22H31N3O. The van der Waals surface area contributed by atoms with Crippen LogP contribution in [0, 0.1) is 12.8 Å². The first kappa shape index (κ1) is 21.4. The summed E-state index contributed by atoms with van der Waals surface area (Å²) in [6, 6.07) is 17.7. The van der Waals surface area contributed by atoms with Crippen molar-refractivity contribution < 1.29 is 4.79 Å². The quantitative estimate of drug-likeness (QED) is 0.597. The molecule has 1 aromatic heterocycles. The van der Waals surface area contributed by atoms with Gasteiger partial charge in [0, 0.05) is 22.7 Å². The predicted octanol–water partition coefficient (Wildman–Crippen LogP) is 5.96. The van der Waals surface area contributed by atoms with Gasteiger partial charge in [-0.3, -0.25) is 9.89 Å². The van der Waals surface area contributed by atoms with Gasteiger partial charge in [-0.25, -0.2) is 0 Å². The topological polar surface area (TPSA) is 57.8 Å². The molecule has 26 heavy (non-hydrogen) atoms. The van der Waals surface area contributed by atoms with Gasteiger partial charge in [-0.05, 0) is 38.0 Å². The van der Waals surface area contributed by atoms with E-state index in [0.717, 1.165) is 29.7 Å². The number of nitrogens with one attached hydrogen (secondary N) is 2. The molecule has 0 unspecified atom stereocenters. The minimum atomic E-state index is 0.168. The highest BCUT2D eigenvalue weighted by molar-refractivity contribution is 5.93. The third-order valence-corrected chi connectivity index (χ3v) is 3.64. The lowest BCUT2D eigenvalue weighted by atomic mass is 10.2. The minimum absolute atomic E-state index is 0.168. The van der Waals surface area contributed by atoms with Crippen LogP contribution in [0.5, 0.6) is 0 Å². The maximum Gasteiger partial charge on any atom is 0.227 e. The number of carbonyl (C=O) groups excluding carboxylic acids is 1. The average Bonchev–Trinajstić information content (AvgIpc) is 3.51. The Morgan fingerprint density at radius 3 is 2.12 bits per heavy atom. The number of rotatable bonds is 2. The first-order valence-electron chi connectivity index (χ1n) is 9.49. The molecule has 0 atom stereocenters. The molecule has 4 nitrogen and oxygen atoms in total. The van der Waals surface area contributed by atoms with Crippen molar-refractivity contribution >= 4 is 22.5 Å². The van der Waals surface area contributed by atoms with Gasteiger partial charge < -0.3 is 5.32 Å². The summed E-state index contributed by atoms with van der Waals surface area (Å²) in [5.74, 6) is 0.450. The molecule has 1 heterocycles. The van der Waals surface area contributed by atoms with E-state index in [4.69, 9.17) is 0 Å². The number of carbonyl (C=O) groups is 1. The number of H-pyrrole nitrogens is 1. The van der Waals surface area contributed by atoms with Crippen molar-refractivity contribution in [2.45, 2.75) is 47.5 Å². The number of nitrogens with zero attached hydrogens (tertiary/aromatic N) is 1. The lowest BCUT2D eigenvalue weighted by Crippen LogP contribution is -2.12. The Labute approximate surface area is 157 Å². The predicted molar refractivity (Wildman–Crippen MR) is 111 cm³/mol. The molecule has 4 heteroatoms. The van der Waals surface area contributed by atoms with Crippen molar-refractivity contribution in [3.8, 4) is 0 Å². The summed E-state index contributed by atoms with van der Waals surface area (Å²) < 4.78 is 0. The molecule has 0 radical (unpaired) electrons. The number of hydrogen-bond donors (Lipinski definition) is 2. The number of hydrogen-bond acceptors (Lipinski definition) is 2. The molecule has 1 saturated carbocycles. The van der Waals surface area contributed by atoms with Gasteiger partial charge in [0.15, 0.2) is 0 Å². The van der Waals surface area contributed by atoms with E-state index in [1.165, 1.54) is 5.39 Å². The lowest BCUT2D eigenvalue weighted by Gasteiger charge is -2.01. The summed E-state index contributed by atoms with van der Waals surface area (Å²) in [6.07, 6.45) is 2.11. The molecule has 3 aromatic rings. The molecule has 1 fully saturated rings. The standard InChI is InChI=1S/C10H11NO.C8H8N2.2C2H6/c12-10(8-6-7-8)11-9-4-2-1-3-5-9;1-6-7-4-2-3-5-8(7)10-9-6;2*1-2/h1-5,8H,6-7H2,(H,11,12);2-5H,1H3,(H,9,10);2*1-2H3. The SMILES string of the molecule is CC.CC.Cc1[nH]nc2ccccc12.O=C(Nc1ccccc1)C1CC1. The molecule has 1 aliphatic rings. The third kappa shape index (κ3) is 6.71. The first-order chi connectivity index (χ1) is 12.7. The highest BCUT2D eigenvalue weighted by Gasteiger charge is 2.29. The number of benzene rings is 2. The number of fused-ring (bicyclic) bond motifs is 1. The maximum absolute atomic E-state index is 11.3. The van der Waals surface area contributed by atoms with Gasteiger partial charge in [0.2, 0.25) is 5.91 Å². The van der Waals surface area contributed by atoms with Crippen molar-refractivity contribution in [3.63, 3.8) is 0 Å². The Bertz CT molecular complexity index is 761. The molecule has 0 aliphatic heterocycles. The number of para-hydroxylation sites is 2.